The molecular weight excluding hydrogens is 540 g/mol. The van der Waals surface area contributed by atoms with E-state index >= 15 is 0 Å². The zero-order chi connectivity index (χ0) is 30.8. The van der Waals surface area contributed by atoms with Crippen LogP contribution in [0.15, 0.2) is 60.8 Å². The lowest BCUT2D eigenvalue weighted by Gasteiger charge is -2.29. The molecule has 0 aliphatic rings. The number of rotatable bonds is 12. The highest BCUT2D eigenvalue weighted by atomic mass is 16.6. The van der Waals surface area contributed by atoms with Crippen LogP contribution in [0.3, 0.4) is 0 Å². The smallest absolute Gasteiger partial charge is 0.420 e. The molecule has 1 aromatic heterocycles. The Morgan fingerprint density at radius 1 is 0.905 bits per heavy atom. The van der Waals surface area contributed by atoms with Crippen LogP contribution in [0.4, 0.5) is 27.0 Å². The molecule has 0 aliphatic carbocycles. The van der Waals surface area contributed by atoms with Gasteiger partial charge in [-0.1, -0.05) is 30.3 Å². The Kier molecular flexibility index (Phi) is 11.1. The largest absolute Gasteiger partial charge is 0.480 e. The van der Waals surface area contributed by atoms with E-state index in [9.17, 15) is 19.5 Å². The zero-order valence-electron chi connectivity index (χ0n) is 24.8. The maximum Gasteiger partial charge on any atom is 0.420 e. The summed E-state index contributed by atoms with van der Waals surface area (Å²) >= 11 is 0. The Morgan fingerprint density at radius 2 is 1.50 bits per heavy atom. The summed E-state index contributed by atoms with van der Waals surface area (Å²) in [5.74, 6) is 0.155. The van der Waals surface area contributed by atoms with E-state index in [1.165, 1.54) is 16.0 Å². The summed E-state index contributed by atoms with van der Waals surface area (Å²) in [6.07, 6.45) is 0.404. The van der Waals surface area contributed by atoms with Crippen molar-refractivity contribution < 1.29 is 29.0 Å². The average Bonchev–Trinajstić information content (AvgIpc) is 2.95. The van der Waals surface area contributed by atoms with E-state index in [2.05, 4.69) is 15.3 Å². The number of aromatic nitrogens is 2. The number of hydrogen-bond donors (Lipinski definition) is 2. The van der Waals surface area contributed by atoms with Gasteiger partial charge in [0.2, 0.25) is 5.95 Å². The summed E-state index contributed by atoms with van der Waals surface area (Å²) in [6, 6.07) is 13.8. The summed E-state index contributed by atoms with van der Waals surface area (Å²) in [4.78, 5) is 51.4. The van der Waals surface area contributed by atoms with Crippen molar-refractivity contribution in [3.05, 3.63) is 66.4 Å². The van der Waals surface area contributed by atoms with Crippen LogP contribution in [0.25, 0.3) is 0 Å². The SMILES string of the molecule is CCN(CC)c1ncc(N(C(=O)Oc2ccccc2)C(C)C)c(N[C@@H](Cc2ccc(OC(=O)N(C)C)cc2)C(=O)O)n1. The second-order valence-electron chi connectivity index (χ2n) is 9.87. The first-order valence-electron chi connectivity index (χ1n) is 13.7. The number of para-hydroxylation sites is 1. The van der Waals surface area contributed by atoms with Crippen LogP contribution in [0, 0.1) is 0 Å². The van der Waals surface area contributed by atoms with Gasteiger partial charge in [-0.05, 0) is 57.5 Å². The van der Waals surface area contributed by atoms with Crippen LogP contribution >= 0.6 is 0 Å². The number of ether oxygens (including phenoxy) is 2. The van der Waals surface area contributed by atoms with Gasteiger partial charge >= 0.3 is 18.2 Å². The fourth-order valence-corrected chi connectivity index (χ4v) is 4.02. The van der Waals surface area contributed by atoms with Gasteiger partial charge in [-0.3, -0.25) is 4.90 Å². The second-order valence-corrected chi connectivity index (χ2v) is 9.87. The third-order valence-electron chi connectivity index (χ3n) is 6.27. The summed E-state index contributed by atoms with van der Waals surface area (Å²) in [5.41, 5.74) is 0.961. The molecule has 0 fully saturated rings. The van der Waals surface area contributed by atoms with E-state index in [1.807, 2.05) is 38.7 Å². The van der Waals surface area contributed by atoms with E-state index in [0.29, 0.717) is 36.1 Å². The highest BCUT2D eigenvalue weighted by Crippen LogP contribution is 2.30. The van der Waals surface area contributed by atoms with Crippen LogP contribution in [0.5, 0.6) is 11.5 Å². The van der Waals surface area contributed by atoms with E-state index in [4.69, 9.17) is 9.47 Å². The van der Waals surface area contributed by atoms with Crippen molar-refractivity contribution in [3.8, 4) is 11.5 Å². The van der Waals surface area contributed by atoms with Gasteiger partial charge in [-0.25, -0.2) is 19.4 Å². The third-order valence-corrected chi connectivity index (χ3v) is 6.27. The van der Waals surface area contributed by atoms with Crippen molar-refractivity contribution in [2.75, 3.05) is 42.3 Å². The Bertz CT molecular complexity index is 1350. The molecule has 0 saturated heterocycles. The van der Waals surface area contributed by atoms with Crippen LogP contribution in [0.2, 0.25) is 0 Å². The van der Waals surface area contributed by atoms with E-state index in [-0.39, 0.29) is 24.0 Å². The van der Waals surface area contributed by atoms with Crippen LogP contribution in [-0.2, 0) is 11.2 Å². The van der Waals surface area contributed by atoms with Crippen molar-refractivity contribution in [2.24, 2.45) is 0 Å². The summed E-state index contributed by atoms with van der Waals surface area (Å²) in [6.45, 7) is 8.82. The van der Waals surface area contributed by atoms with E-state index < -0.39 is 24.2 Å². The molecular formula is C30H38N6O6. The normalized spacial score (nSPS) is 11.4. The number of nitrogens with zero attached hydrogens (tertiary/aromatic N) is 5. The summed E-state index contributed by atoms with van der Waals surface area (Å²) < 4.78 is 10.9. The number of carbonyl (C=O) groups excluding carboxylic acids is 2. The minimum atomic E-state index is -1.12. The average molecular weight is 579 g/mol. The Labute approximate surface area is 245 Å². The molecule has 0 unspecified atom stereocenters. The molecule has 1 atom stereocenters. The number of benzene rings is 2. The molecule has 224 valence electrons. The first kappa shape index (κ1) is 31.7. The van der Waals surface area contributed by atoms with Gasteiger partial charge in [0.15, 0.2) is 5.82 Å². The van der Waals surface area contributed by atoms with Gasteiger partial charge in [-0.2, -0.15) is 4.98 Å². The number of aliphatic carboxylic acids is 1. The lowest BCUT2D eigenvalue weighted by Crippen LogP contribution is -2.41. The minimum absolute atomic E-state index is 0.0808. The molecule has 0 radical (unpaired) electrons. The highest BCUT2D eigenvalue weighted by Gasteiger charge is 2.29. The number of anilines is 3. The second kappa shape index (κ2) is 14.7. The van der Waals surface area contributed by atoms with Crippen molar-refractivity contribution >= 4 is 35.6 Å². The Morgan fingerprint density at radius 3 is 2.05 bits per heavy atom. The standard InChI is InChI=1S/C30H38N6O6/c1-7-35(8-2)28-31-19-25(36(20(3)4)30(40)42-22-12-10-9-11-13-22)26(33-28)32-24(27(37)38)18-21-14-16-23(17-15-21)41-29(39)34(5)6/h9-17,19-20,24H,7-8,18H2,1-6H3,(H,37,38)(H,31,32,33)/t24-/m0/s1. The lowest BCUT2D eigenvalue weighted by molar-refractivity contribution is -0.137. The van der Waals surface area contributed by atoms with Crippen LogP contribution in [0.1, 0.15) is 33.3 Å². The molecule has 0 bridgehead atoms. The molecule has 1 heterocycles. The summed E-state index contributed by atoms with van der Waals surface area (Å²) in [5, 5.41) is 13.2. The molecule has 3 aromatic rings. The number of carbonyl (C=O) groups is 3. The number of carboxylic acid groups (broad SMARTS) is 1. The minimum Gasteiger partial charge on any atom is -0.480 e. The molecule has 0 aliphatic heterocycles. The van der Waals surface area contributed by atoms with Gasteiger partial charge in [0.05, 0.1) is 6.20 Å². The van der Waals surface area contributed by atoms with Gasteiger partial charge < -0.3 is 29.7 Å². The van der Waals surface area contributed by atoms with Crippen molar-refractivity contribution in [2.45, 2.75) is 46.2 Å². The first-order chi connectivity index (χ1) is 20.0. The molecule has 12 heteroatoms. The van der Waals surface area contributed by atoms with Crippen LogP contribution in [-0.4, -0.2) is 77.4 Å². The monoisotopic (exact) mass is 578 g/mol. The number of hydrogen-bond acceptors (Lipinski definition) is 9. The topological polar surface area (TPSA) is 137 Å². The molecule has 2 amide bonds. The third kappa shape index (κ3) is 8.32. The Hall–Kier alpha value is -4.87. The maximum atomic E-state index is 13.4. The molecule has 2 aromatic carbocycles. The lowest BCUT2D eigenvalue weighted by atomic mass is 10.1. The zero-order valence-corrected chi connectivity index (χ0v) is 24.8. The van der Waals surface area contributed by atoms with E-state index in [1.54, 1.807) is 62.6 Å². The van der Waals surface area contributed by atoms with Gasteiger partial charge in [0, 0.05) is 39.6 Å². The molecule has 2 N–H and O–H groups in total. The summed E-state index contributed by atoms with van der Waals surface area (Å²) in [7, 11) is 3.16. The molecule has 0 spiro atoms. The van der Waals surface area contributed by atoms with Gasteiger partial charge in [-0.15, -0.1) is 0 Å². The van der Waals surface area contributed by atoms with E-state index in [0.717, 1.165) is 0 Å². The van der Waals surface area contributed by atoms with Gasteiger partial charge in [0.1, 0.15) is 23.2 Å². The first-order valence-corrected chi connectivity index (χ1v) is 13.7. The van der Waals surface area contributed by atoms with Crippen molar-refractivity contribution in [3.63, 3.8) is 0 Å². The molecule has 3 rings (SSSR count). The van der Waals surface area contributed by atoms with Gasteiger partial charge in [0.25, 0.3) is 0 Å². The quantitative estimate of drug-likeness (QED) is 0.305. The van der Waals surface area contributed by atoms with Crippen LogP contribution < -0.4 is 24.6 Å². The number of nitrogens with one attached hydrogen (secondary N) is 1. The number of carboxylic acids is 1. The van der Waals surface area contributed by atoms with Crippen molar-refractivity contribution in [1.82, 2.24) is 14.9 Å². The van der Waals surface area contributed by atoms with Crippen molar-refractivity contribution in [1.29, 1.82) is 0 Å². The molecule has 12 nitrogen and oxygen atoms in total. The predicted octanol–water partition coefficient (Wildman–Crippen LogP) is 4.90. The molecule has 0 saturated carbocycles. The highest BCUT2D eigenvalue weighted by molar-refractivity contribution is 5.93. The fraction of sp³-hybridized carbons (Fsp3) is 0.367. The molecule has 42 heavy (non-hydrogen) atoms. The number of amides is 2. The predicted molar refractivity (Wildman–Crippen MR) is 161 cm³/mol. The Balaban J connectivity index is 1.95. The fourth-order valence-electron chi connectivity index (χ4n) is 4.02. The maximum absolute atomic E-state index is 13.4.